The van der Waals surface area contributed by atoms with Crippen molar-refractivity contribution in [2.45, 2.75) is 12.5 Å². The molecule has 138 valence electrons. The normalized spacial score (nSPS) is 18.6. The van der Waals surface area contributed by atoms with Crippen LogP contribution in [0, 0.1) is 5.21 Å². The van der Waals surface area contributed by atoms with Gasteiger partial charge < -0.3 is 15.4 Å². The zero-order valence-electron chi connectivity index (χ0n) is 15.2. The lowest BCUT2D eigenvalue weighted by molar-refractivity contribution is -0.605. The fourth-order valence-corrected chi connectivity index (χ4v) is 3.37. The van der Waals surface area contributed by atoms with Crippen LogP contribution < -0.4 is 10.0 Å². The third-order valence-corrected chi connectivity index (χ3v) is 4.85. The lowest BCUT2D eigenvalue weighted by Gasteiger charge is -2.40. The number of pyridine rings is 1. The highest BCUT2D eigenvalue weighted by Gasteiger charge is 2.25. The maximum atomic E-state index is 12.1. The molecule has 1 aromatic carbocycles. The van der Waals surface area contributed by atoms with Crippen LogP contribution in [-0.4, -0.2) is 55.5 Å². The number of hydrogen-bond acceptors (Lipinski definition) is 4. The van der Waals surface area contributed by atoms with Crippen LogP contribution in [0.1, 0.15) is 28.4 Å². The topological polar surface area (TPSA) is 62.5 Å². The Morgan fingerprint density at radius 1 is 1.19 bits per heavy atom. The Bertz CT molecular complexity index is 706. The minimum atomic E-state index is -0.136. The van der Waals surface area contributed by atoms with Crippen LogP contribution in [0.4, 0.5) is 0 Å². The molecular weight excluding hydrogens is 328 g/mol. The molecule has 2 heterocycles. The number of amides is 1. The molecule has 6 nitrogen and oxygen atoms in total. The lowest BCUT2D eigenvalue weighted by Crippen LogP contribution is -2.47. The van der Waals surface area contributed by atoms with E-state index in [1.54, 1.807) is 0 Å². The summed E-state index contributed by atoms with van der Waals surface area (Å²) < 4.78 is 0.674. The van der Waals surface area contributed by atoms with Gasteiger partial charge in [-0.2, -0.15) is 4.73 Å². The van der Waals surface area contributed by atoms with Crippen molar-refractivity contribution in [2.24, 2.45) is 0 Å². The first-order chi connectivity index (χ1) is 12.6. The fraction of sp³-hybridized carbons (Fsp3) is 0.400. The van der Waals surface area contributed by atoms with E-state index < -0.39 is 0 Å². The molecule has 0 aliphatic carbocycles. The Morgan fingerprint density at radius 3 is 2.65 bits per heavy atom. The maximum Gasteiger partial charge on any atom is 0.251 e. The molecule has 1 atom stereocenters. The Balaban J connectivity index is 1.49. The minimum Gasteiger partial charge on any atom is -0.619 e. The molecule has 6 heteroatoms. The van der Waals surface area contributed by atoms with Gasteiger partial charge in [0, 0.05) is 50.9 Å². The SMILES string of the molecule is CN1CCN(CCCNC(=O)c2cc[n+]([O-])cc2)C(c2ccccc2)C1. The van der Waals surface area contributed by atoms with Gasteiger partial charge in [-0.05, 0) is 19.0 Å². The summed E-state index contributed by atoms with van der Waals surface area (Å²) in [7, 11) is 2.17. The third kappa shape index (κ3) is 4.80. The molecule has 1 saturated heterocycles. The third-order valence-electron chi connectivity index (χ3n) is 4.85. The van der Waals surface area contributed by atoms with Crippen molar-refractivity contribution in [3.05, 3.63) is 71.2 Å². The Labute approximate surface area is 154 Å². The van der Waals surface area contributed by atoms with Gasteiger partial charge >= 0.3 is 0 Å². The van der Waals surface area contributed by atoms with Crippen molar-refractivity contribution < 1.29 is 9.52 Å². The zero-order valence-corrected chi connectivity index (χ0v) is 15.2. The largest absolute Gasteiger partial charge is 0.619 e. The van der Waals surface area contributed by atoms with Crippen LogP contribution in [0.15, 0.2) is 54.9 Å². The number of carbonyl (C=O) groups is 1. The number of benzene rings is 1. The molecule has 1 fully saturated rings. The summed E-state index contributed by atoms with van der Waals surface area (Å²) in [4.78, 5) is 17.0. The molecule has 0 saturated carbocycles. The van der Waals surface area contributed by atoms with E-state index in [1.165, 1.54) is 30.1 Å². The smallest absolute Gasteiger partial charge is 0.251 e. The van der Waals surface area contributed by atoms with E-state index in [9.17, 15) is 10.0 Å². The van der Waals surface area contributed by atoms with Gasteiger partial charge in [0.1, 0.15) is 0 Å². The van der Waals surface area contributed by atoms with Crippen LogP contribution >= 0.6 is 0 Å². The number of rotatable bonds is 6. The van der Waals surface area contributed by atoms with Crippen LogP contribution in [0.3, 0.4) is 0 Å². The zero-order chi connectivity index (χ0) is 18.4. The summed E-state index contributed by atoms with van der Waals surface area (Å²) in [5, 5.41) is 14.0. The van der Waals surface area contributed by atoms with E-state index in [1.807, 2.05) is 6.07 Å². The first-order valence-electron chi connectivity index (χ1n) is 9.08. The minimum absolute atomic E-state index is 0.136. The van der Waals surface area contributed by atoms with Gasteiger partial charge in [-0.25, -0.2) is 0 Å². The predicted molar refractivity (Wildman–Crippen MR) is 101 cm³/mol. The van der Waals surface area contributed by atoms with Crippen molar-refractivity contribution in [3.63, 3.8) is 0 Å². The van der Waals surface area contributed by atoms with Crippen LogP contribution in [0.2, 0.25) is 0 Å². The molecule has 1 aromatic heterocycles. The molecule has 1 N–H and O–H groups in total. The molecule has 0 radical (unpaired) electrons. The Kier molecular flexibility index (Phi) is 6.20. The van der Waals surface area contributed by atoms with Crippen molar-refractivity contribution in [1.29, 1.82) is 0 Å². The number of nitrogens with zero attached hydrogens (tertiary/aromatic N) is 3. The van der Waals surface area contributed by atoms with E-state index in [2.05, 4.69) is 46.4 Å². The monoisotopic (exact) mass is 354 g/mol. The average molecular weight is 354 g/mol. The number of nitrogens with one attached hydrogen (secondary N) is 1. The summed E-state index contributed by atoms with van der Waals surface area (Å²) >= 11 is 0. The highest BCUT2D eigenvalue weighted by Crippen LogP contribution is 2.24. The second-order valence-electron chi connectivity index (χ2n) is 6.78. The van der Waals surface area contributed by atoms with Gasteiger partial charge in [0.15, 0.2) is 12.4 Å². The molecule has 2 aromatic rings. The standard InChI is InChI=1S/C20H26N4O2/c1-22-14-15-23(19(16-22)17-6-3-2-4-7-17)11-5-10-21-20(25)18-8-12-24(26)13-9-18/h2-4,6-9,12-13,19H,5,10-11,14-16H2,1H3,(H,21,25). The second-order valence-corrected chi connectivity index (χ2v) is 6.78. The molecule has 1 aliphatic rings. The van der Waals surface area contributed by atoms with E-state index in [4.69, 9.17) is 0 Å². The van der Waals surface area contributed by atoms with Gasteiger partial charge in [0.2, 0.25) is 0 Å². The average Bonchev–Trinajstić information content (AvgIpc) is 2.67. The van der Waals surface area contributed by atoms with Gasteiger partial charge in [0.25, 0.3) is 5.91 Å². The molecule has 0 bridgehead atoms. The summed E-state index contributed by atoms with van der Waals surface area (Å²) in [5.41, 5.74) is 1.86. The van der Waals surface area contributed by atoms with E-state index >= 15 is 0 Å². The molecular formula is C20H26N4O2. The van der Waals surface area contributed by atoms with Gasteiger partial charge in [-0.15, -0.1) is 0 Å². The molecule has 1 amide bonds. The summed E-state index contributed by atoms with van der Waals surface area (Å²) in [6.45, 7) is 4.69. The van der Waals surface area contributed by atoms with Gasteiger partial charge in [0.05, 0.1) is 5.56 Å². The molecule has 0 spiro atoms. The van der Waals surface area contributed by atoms with Crippen molar-refractivity contribution >= 4 is 5.91 Å². The number of likely N-dealkylation sites (N-methyl/N-ethyl adjacent to an activating group) is 1. The van der Waals surface area contributed by atoms with Crippen molar-refractivity contribution in [3.8, 4) is 0 Å². The first-order valence-corrected chi connectivity index (χ1v) is 9.08. The van der Waals surface area contributed by atoms with Crippen LogP contribution in [0.5, 0.6) is 0 Å². The Morgan fingerprint density at radius 2 is 1.92 bits per heavy atom. The second kappa shape index (κ2) is 8.78. The number of hydrogen-bond donors (Lipinski definition) is 1. The van der Waals surface area contributed by atoms with Crippen LogP contribution in [0.25, 0.3) is 0 Å². The maximum absolute atomic E-state index is 12.1. The van der Waals surface area contributed by atoms with Crippen molar-refractivity contribution in [1.82, 2.24) is 15.1 Å². The van der Waals surface area contributed by atoms with Gasteiger partial charge in [-0.1, -0.05) is 30.3 Å². The van der Waals surface area contributed by atoms with E-state index in [-0.39, 0.29) is 5.91 Å². The summed E-state index contributed by atoms with van der Waals surface area (Å²) in [6.07, 6.45) is 3.57. The molecule has 3 rings (SSSR count). The highest BCUT2D eigenvalue weighted by molar-refractivity contribution is 5.93. The molecule has 1 aliphatic heterocycles. The quantitative estimate of drug-likeness (QED) is 0.484. The lowest BCUT2D eigenvalue weighted by atomic mass is 10.0. The number of carbonyl (C=O) groups excluding carboxylic acids is 1. The highest BCUT2D eigenvalue weighted by atomic mass is 16.5. The van der Waals surface area contributed by atoms with E-state index in [0.717, 1.165) is 32.6 Å². The fourth-order valence-electron chi connectivity index (χ4n) is 3.37. The van der Waals surface area contributed by atoms with Crippen LogP contribution in [-0.2, 0) is 0 Å². The van der Waals surface area contributed by atoms with Crippen molar-refractivity contribution in [2.75, 3.05) is 39.8 Å². The molecule has 1 unspecified atom stereocenters. The van der Waals surface area contributed by atoms with E-state index in [0.29, 0.717) is 22.9 Å². The summed E-state index contributed by atoms with van der Waals surface area (Å²) in [5.74, 6) is -0.136. The predicted octanol–water partition coefficient (Wildman–Crippen LogP) is 1.43. The number of piperazine rings is 1. The number of aromatic nitrogens is 1. The summed E-state index contributed by atoms with van der Waals surface area (Å²) in [6, 6.07) is 14.1. The first kappa shape index (κ1) is 18.4. The Hall–Kier alpha value is -2.44. The molecule has 26 heavy (non-hydrogen) atoms. The van der Waals surface area contributed by atoms with Gasteiger partial charge in [-0.3, -0.25) is 9.69 Å².